The molecule has 0 saturated carbocycles. The summed E-state index contributed by atoms with van der Waals surface area (Å²) in [6.07, 6.45) is 0.989. The zero-order chi connectivity index (χ0) is 13.8. The summed E-state index contributed by atoms with van der Waals surface area (Å²) < 4.78 is 0. The summed E-state index contributed by atoms with van der Waals surface area (Å²) in [7, 11) is 0. The molecule has 19 heavy (non-hydrogen) atoms. The van der Waals surface area contributed by atoms with E-state index in [2.05, 4.69) is 13.8 Å². The molecule has 1 saturated heterocycles. The predicted molar refractivity (Wildman–Crippen MR) is 75.8 cm³/mol. The number of amides is 1. The first-order chi connectivity index (χ1) is 9.17. The maximum atomic E-state index is 12.6. The number of rotatable bonds is 5. The largest absolute Gasteiger partial charge is 0.396 e. The molecule has 2 unspecified atom stereocenters. The van der Waals surface area contributed by atoms with Crippen LogP contribution in [0.1, 0.15) is 31.7 Å². The van der Waals surface area contributed by atoms with Gasteiger partial charge < -0.3 is 10.0 Å². The van der Waals surface area contributed by atoms with Crippen LogP contribution >= 0.6 is 0 Å². The van der Waals surface area contributed by atoms with E-state index in [0.717, 1.165) is 12.0 Å². The lowest BCUT2D eigenvalue weighted by atomic mass is 9.83. The van der Waals surface area contributed by atoms with E-state index in [1.807, 2.05) is 35.2 Å². The van der Waals surface area contributed by atoms with E-state index in [1.165, 1.54) is 0 Å². The highest BCUT2D eigenvalue weighted by molar-refractivity contribution is 5.84. The first-order valence-electron chi connectivity index (χ1n) is 7.12. The Kier molecular flexibility index (Phi) is 4.59. The van der Waals surface area contributed by atoms with Crippen LogP contribution in [0.2, 0.25) is 0 Å². The Labute approximate surface area is 115 Å². The van der Waals surface area contributed by atoms with Gasteiger partial charge in [-0.3, -0.25) is 4.79 Å². The lowest BCUT2D eigenvalue weighted by molar-refractivity contribution is -0.141. The molecule has 3 heteroatoms. The Bertz CT molecular complexity index is 412. The van der Waals surface area contributed by atoms with Crippen LogP contribution in [-0.4, -0.2) is 35.6 Å². The predicted octanol–water partition coefficient (Wildman–Crippen LogP) is 2.27. The number of aliphatic hydroxyl groups is 1. The van der Waals surface area contributed by atoms with Gasteiger partial charge in [-0.15, -0.1) is 0 Å². The van der Waals surface area contributed by atoms with Crippen LogP contribution in [0.3, 0.4) is 0 Å². The van der Waals surface area contributed by atoms with Gasteiger partial charge in [0, 0.05) is 25.6 Å². The minimum atomic E-state index is -0.0501. The van der Waals surface area contributed by atoms with Crippen LogP contribution in [-0.2, 0) is 4.79 Å². The van der Waals surface area contributed by atoms with Gasteiger partial charge in [0.05, 0.1) is 5.92 Å². The third kappa shape index (κ3) is 2.98. The van der Waals surface area contributed by atoms with E-state index < -0.39 is 0 Å². The maximum Gasteiger partial charge on any atom is 0.230 e. The average molecular weight is 261 g/mol. The third-order valence-corrected chi connectivity index (χ3v) is 4.16. The molecule has 1 aromatic carbocycles. The summed E-state index contributed by atoms with van der Waals surface area (Å²) in [4.78, 5) is 14.5. The summed E-state index contributed by atoms with van der Waals surface area (Å²) in [5.74, 6) is 0.775. The highest BCUT2D eigenvalue weighted by atomic mass is 16.3. The Morgan fingerprint density at radius 3 is 2.53 bits per heavy atom. The maximum absolute atomic E-state index is 12.6. The summed E-state index contributed by atoms with van der Waals surface area (Å²) in [6.45, 7) is 5.85. The Balaban J connectivity index is 2.13. The van der Waals surface area contributed by atoms with Crippen molar-refractivity contribution in [1.29, 1.82) is 0 Å². The van der Waals surface area contributed by atoms with Crippen LogP contribution in [0.25, 0.3) is 0 Å². The molecule has 0 bridgehead atoms. The second-order valence-corrected chi connectivity index (χ2v) is 5.57. The van der Waals surface area contributed by atoms with Crippen molar-refractivity contribution in [3.63, 3.8) is 0 Å². The molecule has 1 aromatic rings. The van der Waals surface area contributed by atoms with E-state index in [-0.39, 0.29) is 24.3 Å². The van der Waals surface area contributed by atoms with Gasteiger partial charge >= 0.3 is 0 Å². The smallest absolute Gasteiger partial charge is 0.230 e. The molecule has 2 atom stereocenters. The second-order valence-electron chi connectivity index (χ2n) is 5.57. The highest BCUT2D eigenvalue weighted by Gasteiger charge is 2.36. The minimum Gasteiger partial charge on any atom is -0.396 e. The van der Waals surface area contributed by atoms with Gasteiger partial charge in [0.25, 0.3) is 0 Å². The zero-order valence-electron chi connectivity index (χ0n) is 11.7. The molecule has 1 fully saturated rings. The first-order valence-corrected chi connectivity index (χ1v) is 7.12. The molecular weight excluding hydrogens is 238 g/mol. The number of carbonyl (C=O) groups is 1. The summed E-state index contributed by atoms with van der Waals surface area (Å²) in [5.41, 5.74) is 1.11. The SMILES string of the molecule is CCC(C)C(C(=O)N1CC(CO)C1)c1ccccc1. The molecule has 1 aliphatic heterocycles. The molecule has 1 amide bonds. The average Bonchev–Trinajstić information content (AvgIpc) is 2.39. The van der Waals surface area contributed by atoms with Crippen LogP contribution in [0.15, 0.2) is 30.3 Å². The normalized spacial score (nSPS) is 18.8. The lowest BCUT2D eigenvalue weighted by Gasteiger charge is -2.41. The van der Waals surface area contributed by atoms with Crippen molar-refractivity contribution in [3.05, 3.63) is 35.9 Å². The van der Waals surface area contributed by atoms with E-state index in [4.69, 9.17) is 5.11 Å². The van der Waals surface area contributed by atoms with Crippen molar-refractivity contribution < 1.29 is 9.90 Å². The van der Waals surface area contributed by atoms with E-state index in [1.54, 1.807) is 0 Å². The van der Waals surface area contributed by atoms with Gasteiger partial charge in [-0.2, -0.15) is 0 Å². The van der Waals surface area contributed by atoms with Gasteiger partial charge in [0.1, 0.15) is 0 Å². The van der Waals surface area contributed by atoms with Crippen molar-refractivity contribution in [1.82, 2.24) is 4.90 Å². The summed E-state index contributed by atoms with van der Waals surface area (Å²) in [5, 5.41) is 9.06. The number of aliphatic hydroxyl groups excluding tert-OH is 1. The van der Waals surface area contributed by atoms with Crippen molar-refractivity contribution in [2.45, 2.75) is 26.2 Å². The monoisotopic (exact) mass is 261 g/mol. The Morgan fingerprint density at radius 1 is 1.37 bits per heavy atom. The van der Waals surface area contributed by atoms with Crippen LogP contribution in [0.5, 0.6) is 0 Å². The fraction of sp³-hybridized carbons (Fsp3) is 0.562. The quantitative estimate of drug-likeness (QED) is 0.883. The molecule has 0 spiro atoms. The Hall–Kier alpha value is -1.35. The second kappa shape index (κ2) is 6.20. The van der Waals surface area contributed by atoms with E-state index >= 15 is 0 Å². The fourth-order valence-electron chi connectivity index (χ4n) is 2.67. The highest BCUT2D eigenvalue weighted by Crippen LogP contribution is 2.31. The molecule has 0 aliphatic carbocycles. The van der Waals surface area contributed by atoms with Gasteiger partial charge in [-0.1, -0.05) is 50.6 Å². The van der Waals surface area contributed by atoms with Crippen molar-refractivity contribution in [2.75, 3.05) is 19.7 Å². The van der Waals surface area contributed by atoms with Gasteiger partial charge in [-0.05, 0) is 11.5 Å². The van der Waals surface area contributed by atoms with Crippen LogP contribution in [0, 0.1) is 11.8 Å². The number of hydrogen-bond donors (Lipinski definition) is 1. The molecule has 1 N–H and O–H groups in total. The summed E-state index contributed by atoms with van der Waals surface area (Å²) in [6, 6.07) is 10.0. The fourth-order valence-corrected chi connectivity index (χ4v) is 2.67. The molecule has 2 rings (SSSR count). The molecular formula is C16H23NO2. The molecule has 0 radical (unpaired) electrons. The van der Waals surface area contributed by atoms with Crippen molar-refractivity contribution in [3.8, 4) is 0 Å². The van der Waals surface area contributed by atoms with Crippen LogP contribution < -0.4 is 0 Å². The third-order valence-electron chi connectivity index (χ3n) is 4.16. The van der Waals surface area contributed by atoms with Gasteiger partial charge in [0.15, 0.2) is 0 Å². The Morgan fingerprint density at radius 2 is 2.00 bits per heavy atom. The number of carbonyl (C=O) groups excluding carboxylic acids is 1. The van der Waals surface area contributed by atoms with Crippen LogP contribution in [0.4, 0.5) is 0 Å². The molecule has 0 aromatic heterocycles. The standard InChI is InChI=1S/C16H23NO2/c1-3-12(2)15(14-7-5-4-6-8-14)16(19)17-9-13(10-17)11-18/h4-8,12-13,15,18H,3,9-11H2,1-2H3. The molecule has 104 valence electrons. The number of likely N-dealkylation sites (tertiary alicyclic amines) is 1. The molecule has 1 aliphatic rings. The minimum absolute atomic E-state index is 0.0501. The lowest BCUT2D eigenvalue weighted by Crippen LogP contribution is -2.53. The molecule has 3 nitrogen and oxygen atoms in total. The zero-order valence-corrected chi connectivity index (χ0v) is 11.7. The van der Waals surface area contributed by atoms with Crippen molar-refractivity contribution in [2.24, 2.45) is 11.8 Å². The number of hydrogen-bond acceptors (Lipinski definition) is 2. The summed E-state index contributed by atoms with van der Waals surface area (Å²) >= 11 is 0. The number of nitrogens with zero attached hydrogens (tertiary/aromatic N) is 1. The van der Waals surface area contributed by atoms with Gasteiger partial charge in [-0.25, -0.2) is 0 Å². The van der Waals surface area contributed by atoms with E-state index in [0.29, 0.717) is 19.0 Å². The first kappa shape index (κ1) is 14.1. The van der Waals surface area contributed by atoms with E-state index in [9.17, 15) is 4.79 Å². The van der Waals surface area contributed by atoms with Crippen molar-refractivity contribution >= 4 is 5.91 Å². The van der Waals surface area contributed by atoms with Gasteiger partial charge in [0.2, 0.25) is 5.91 Å². The number of benzene rings is 1. The molecule has 1 heterocycles. The topological polar surface area (TPSA) is 40.5 Å².